The van der Waals surface area contributed by atoms with Gasteiger partial charge in [-0.05, 0) is 37.1 Å². The van der Waals surface area contributed by atoms with Gasteiger partial charge in [0, 0.05) is 6.61 Å². The van der Waals surface area contributed by atoms with Gasteiger partial charge in [-0.1, -0.05) is 6.07 Å². The number of benzene rings is 1. The minimum atomic E-state index is -5.76. The van der Waals surface area contributed by atoms with E-state index in [9.17, 15) is 43.2 Å². The Morgan fingerprint density at radius 1 is 1.00 bits per heavy atom. The molecule has 1 aliphatic rings. The third kappa shape index (κ3) is 4.57. The van der Waals surface area contributed by atoms with Crippen molar-refractivity contribution in [1.82, 2.24) is 10.2 Å². The van der Waals surface area contributed by atoms with Gasteiger partial charge in [0.25, 0.3) is 9.84 Å². The van der Waals surface area contributed by atoms with Crippen LogP contribution >= 0.6 is 0 Å². The molecule has 31 heavy (non-hydrogen) atoms. The van der Waals surface area contributed by atoms with E-state index in [4.69, 9.17) is 4.74 Å². The van der Waals surface area contributed by atoms with Gasteiger partial charge in [-0.15, -0.1) is 0 Å². The highest BCUT2D eigenvalue weighted by molar-refractivity contribution is 7.93. The molecule has 1 saturated heterocycles. The van der Waals surface area contributed by atoms with Crippen LogP contribution in [0.3, 0.4) is 0 Å². The van der Waals surface area contributed by atoms with Gasteiger partial charge in [-0.25, -0.2) is 16.8 Å². The maximum atomic E-state index is 12.9. The van der Waals surface area contributed by atoms with Crippen molar-refractivity contribution in [3.05, 3.63) is 41.7 Å². The van der Waals surface area contributed by atoms with E-state index in [2.05, 4.69) is 10.2 Å². The predicted molar refractivity (Wildman–Crippen MR) is 92.2 cm³/mol. The summed E-state index contributed by atoms with van der Waals surface area (Å²) in [5.74, 6) is 0. The Balaban J connectivity index is 1.89. The Morgan fingerprint density at radius 3 is 2.23 bits per heavy atom. The van der Waals surface area contributed by atoms with Crippen LogP contribution in [0.1, 0.15) is 30.3 Å². The monoisotopic (exact) mass is 492 g/mol. The number of sulfone groups is 2. The lowest BCUT2D eigenvalue weighted by Crippen LogP contribution is -2.31. The van der Waals surface area contributed by atoms with E-state index in [1.807, 2.05) is 0 Å². The van der Waals surface area contributed by atoms with Gasteiger partial charge >= 0.3 is 11.7 Å². The molecule has 0 saturated carbocycles. The number of hydrogen-bond donors (Lipinski definition) is 1. The number of aromatic amines is 1. The van der Waals surface area contributed by atoms with Gasteiger partial charge in [0.2, 0.25) is 0 Å². The van der Waals surface area contributed by atoms with Gasteiger partial charge in [0.05, 0.1) is 20.7 Å². The number of hydrogen-bond acceptors (Lipinski definition) is 6. The molecule has 2 aromatic rings. The average Bonchev–Trinajstić information content (AvgIpc) is 3.18. The number of nitrogens with zero attached hydrogens (tertiary/aromatic N) is 1. The van der Waals surface area contributed by atoms with Gasteiger partial charge in [-0.3, -0.25) is 5.10 Å². The van der Waals surface area contributed by atoms with Gasteiger partial charge in [-0.2, -0.15) is 31.4 Å². The molecule has 0 aliphatic carbocycles. The summed E-state index contributed by atoms with van der Waals surface area (Å²) >= 11 is 0. The molecule has 1 aliphatic heterocycles. The van der Waals surface area contributed by atoms with E-state index in [0.717, 1.165) is 12.1 Å². The van der Waals surface area contributed by atoms with Gasteiger partial charge in [0.15, 0.2) is 15.5 Å². The minimum absolute atomic E-state index is 0.0879. The number of aromatic nitrogens is 2. The summed E-state index contributed by atoms with van der Waals surface area (Å²) in [5.41, 5.74) is -6.95. The maximum Gasteiger partial charge on any atom is 0.501 e. The lowest BCUT2D eigenvalue weighted by molar-refractivity contribution is -0.141. The van der Waals surface area contributed by atoms with Crippen LogP contribution in [0.25, 0.3) is 0 Å². The fraction of sp³-hybridized carbons (Fsp3) is 0.438. The van der Waals surface area contributed by atoms with E-state index in [-0.39, 0.29) is 25.1 Å². The van der Waals surface area contributed by atoms with E-state index in [0.29, 0.717) is 18.2 Å². The Hall–Kier alpha value is -2.13. The molecule has 0 bridgehead atoms. The summed E-state index contributed by atoms with van der Waals surface area (Å²) in [6.07, 6.45) is -6.20. The van der Waals surface area contributed by atoms with E-state index >= 15 is 0 Å². The second-order valence-corrected chi connectivity index (χ2v) is 10.9. The number of rotatable bonds is 4. The standard InChI is InChI=1S/C16H14F6N2O5S2/c17-15(18,19)14-8-12(23-24-14)13-7-10(4-5-29-13)30(25,26)9-2-1-3-11(6-9)31(27,28)16(20,21)22/h1-3,6,8,10,13H,4-5,7H2,(H,23,24). The predicted octanol–water partition coefficient (Wildman–Crippen LogP) is 3.42. The SMILES string of the molecule is O=S(=O)(c1cccc(S(=O)(=O)C(F)(F)F)c1)C1CCOC(c2cc(C(F)(F)F)n[nH]2)C1. The first-order valence-electron chi connectivity index (χ1n) is 8.53. The minimum Gasteiger partial charge on any atom is -0.372 e. The van der Waals surface area contributed by atoms with Crippen LogP contribution in [0.2, 0.25) is 0 Å². The zero-order chi connectivity index (χ0) is 23.2. The molecule has 7 nitrogen and oxygen atoms in total. The summed E-state index contributed by atoms with van der Waals surface area (Å²) < 4.78 is 131. The van der Waals surface area contributed by atoms with Crippen molar-refractivity contribution < 1.29 is 47.9 Å². The summed E-state index contributed by atoms with van der Waals surface area (Å²) in [5, 5.41) is 4.03. The molecule has 1 N–H and O–H groups in total. The molecule has 1 aromatic carbocycles. The van der Waals surface area contributed by atoms with Crippen molar-refractivity contribution in [2.45, 2.75) is 45.7 Å². The Bertz CT molecular complexity index is 1170. The Labute approximate surface area is 172 Å². The average molecular weight is 492 g/mol. The molecule has 3 rings (SSSR count). The number of ether oxygens (including phenoxy) is 1. The number of halogens is 6. The molecular weight excluding hydrogens is 478 g/mol. The lowest BCUT2D eigenvalue weighted by Gasteiger charge is -2.28. The fourth-order valence-corrected chi connectivity index (χ4v) is 5.72. The molecule has 172 valence electrons. The summed E-state index contributed by atoms with van der Waals surface area (Å²) in [4.78, 5) is -1.88. The lowest BCUT2D eigenvalue weighted by atomic mass is 10.1. The third-order valence-corrected chi connectivity index (χ3v) is 8.36. The van der Waals surface area contributed by atoms with Crippen LogP contribution in [0.4, 0.5) is 26.3 Å². The molecule has 0 amide bonds. The summed E-state index contributed by atoms with van der Waals surface area (Å²) in [6, 6.07) is 3.54. The van der Waals surface area contributed by atoms with Crippen molar-refractivity contribution in [3.8, 4) is 0 Å². The molecule has 2 heterocycles. The van der Waals surface area contributed by atoms with Crippen molar-refractivity contribution in [3.63, 3.8) is 0 Å². The Morgan fingerprint density at radius 2 is 1.65 bits per heavy atom. The van der Waals surface area contributed by atoms with E-state index in [1.54, 1.807) is 0 Å². The molecule has 15 heteroatoms. The fourth-order valence-electron chi connectivity index (χ4n) is 3.06. The van der Waals surface area contributed by atoms with Crippen LogP contribution in [-0.4, -0.2) is 44.4 Å². The van der Waals surface area contributed by atoms with E-state index < -0.39 is 58.2 Å². The second-order valence-electron chi connectivity index (χ2n) is 6.68. The zero-order valence-corrected chi connectivity index (χ0v) is 16.9. The molecule has 0 spiro atoms. The first-order chi connectivity index (χ1) is 14.1. The van der Waals surface area contributed by atoms with Crippen molar-refractivity contribution >= 4 is 19.7 Å². The van der Waals surface area contributed by atoms with Crippen molar-refractivity contribution in [2.75, 3.05) is 6.61 Å². The van der Waals surface area contributed by atoms with Crippen LogP contribution in [-0.2, 0) is 30.6 Å². The highest BCUT2D eigenvalue weighted by Crippen LogP contribution is 2.37. The smallest absolute Gasteiger partial charge is 0.372 e. The number of nitrogens with one attached hydrogen (secondary N) is 1. The number of H-pyrrole nitrogens is 1. The van der Waals surface area contributed by atoms with Crippen LogP contribution in [0.15, 0.2) is 40.1 Å². The maximum absolute atomic E-state index is 12.9. The molecule has 1 fully saturated rings. The first-order valence-corrected chi connectivity index (χ1v) is 11.6. The van der Waals surface area contributed by atoms with E-state index in [1.165, 1.54) is 0 Å². The highest BCUT2D eigenvalue weighted by Gasteiger charge is 2.47. The normalized spacial score (nSPS) is 21.2. The highest BCUT2D eigenvalue weighted by atomic mass is 32.2. The largest absolute Gasteiger partial charge is 0.501 e. The topological polar surface area (TPSA) is 106 Å². The zero-order valence-electron chi connectivity index (χ0n) is 15.2. The summed E-state index contributed by atoms with van der Waals surface area (Å²) in [7, 11) is -10.1. The van der Waals surface area contributed by atoms with Gasteiger partial charge in [0.1, 0.15) is 6.10 Å². The third-order valence-electron chi connectivity index (χ3n) is 4.66. The number of alkyl halides is 6. The quantitative estimate of drug-likeness (QED) is 0.656. The molecule has 2 atom stereocenters. The molecule has 1 aromatic heterocycles. The first kappa shape index (κ1) is 23.5. The van der Waals surface area contributed by atoms with Crippen LogP contribution in [0.5, 0.6) is 0 Å². The molecular formula is C16H14F6N2O5S2. The summed E-state index contributed by atoms with van der Waals surface area (Å²) in [6.45, 7) is -0.157. The second kappa shape index (κ2) is 7.78. The molecule has 0 radical (unpaired) electrons. The van der Waals surface area contributed by atoms with Crippen LogP contribution in [0, 0.1) is 0 Å². The van der Waals surface area contributed by atoms with Gasteiger partial charge < -0.3 is 4.74 Å². The van der Waals surface area contributed by atoms with Crippen molar-refractivity contribution in [2.24, 2.45) is 0 Å². The molecule has 2 unspecified atom stereocenters. The Kier molecular flexibility index (Phi) is 5.90. The van der Waals surface area contributed by atoms with Crippen LogP contribution < -0.4 is 0 Å². The van der Waals surface area contributed by atoms with Crippen molar-refractivity contribution in [1.29, 1.82) is 0 Å².